The fourth-order valence-electron chi connectivity index (χ4n) is 2.10. The maximum absolute atomic E-state index is 13.1. The summed E-state index contributed by atoms with van der Waals surface area (Å²) in [6.07, 6.45) is 1.40. The van der Waals surface area contributed by atoms with Gasteiger partial charge < -0.3 is 0 Å². The van der Waals surface area contributed by atoms with E-state index in [0.717, 1.165) is 4.68 Å². The molecule has 128 valence electrons. The van der Waals surface area contributed by atoms with E-state index in [1.54, 1.807) is 26.0 Å². The molecule has 1 N–H and O–H groups in total. The number of hydrogen-bond donors (Lipinski definition) is 1. The molecule has 0 atom stereocenters. The van der Waals surface area contributed by atoms with Crippen molar-refractivity contribution in [3.8, 4) is 5.69 Å². The Kier molecular flexibility index (Phi) is 4.60. The normalized spacial score (nSPS) is 11.4. The zero-order valence-electron chi connectivity index (χ0n) is 13.2. The first-order chi connectivity index (χ1) is 11.9. The maximum atomic E-state index is 13.1. The smallest absolute Gasteiger partial charge is 0.265 e. The number of H-pyrrole nitrogens is 1. The molecule has 2 aromatic heterocycles. The number of aromatic nitrogens is 5. The molecule has 0 aliphatic heterocycles. The molecule has 25 heavy (non-hydrogen) atoms. The molecule has 0 amide bonds. The van der Waals surface area contributed by atoms with Gasteiger partial charge in [-0.1, -0.05) is 11.6 Å². The SMILES string of the molecule is Cc1nn(-c2ccc(F)cc2)c(Cl)c1/C=N/n1c(=S)[nH]nc(C)c1=O. The van der Waals surface area contributed by atoms with Crippen molar-refractivity contribution in [3.05, 3.63) is 67.3 Å². The summed E-state index contributed by atoms with van der Waals surface area (Å²) < 4.78 is 15.6. The summed E-state index contributed by atoms with van der Waals surface area (Å²) in [5.41, 5.74) is 1.51. The number of benzene rings is 1. The van der Waals surface area contributed by atoms with Gasteiger partial charge in [-0.05, 0) is 50.3 Å². The number of aromatic amines is 1. The Labute approximate surface area is 151 Å². The topological polar surface area (TPSA) is 80.9 Å². The van der Waals surface area contributed by atoms with Crippen molar-refractivity contribution in [2.75, 3.05) is 0 Å². The van der Waals surface area contributed by atoms with Crippen LogP contribution in [0.25, 0.3) is 5.69 Å². The second-order valence-electron chi connectivity index (χ2n) is 5.15. The van der Waals surface area contributed by atoms with Gasteiger partial charge in [0, 0.05) is 0 Å². The van der Waals surface area contributed by atoms with Crippen molar-refractivity contribution in [1.29, 1.82) is 0 Å². The summed E-state index contributed by atoms with van der Waals surface area (Å²) >= 11 is 11.4. The third-order valence-corrected chi connectivity index (χ3v) is 4.06. The van der Waals surface area contributed by atoms with Gasteiger partial charge in [-0.2, -0.15) is 20.0 Å². The van der Waals surface area contributed by atoms with Gasteiger partial charge in [0.2, 0.25) is 4.77 Å². The van der Waals surface area contributed by atoms with E-state index in [-0.39, 0.29) is 21.4 Å². The average molecular weight is 379 g/mol. The predicted molar refractivity (Wildman–Crippen MR) is 94.7 cm³/mol. The highest BCUT2D eigenvalue weighted by atomic mass is 35.5. The summed E-state index contributed by atoms with van der Waals surface area (Å²) in [5.74, 6) is -0.354. The number of nitrogens with zero attached hydrogens (tertiary/aromatic N) is 5. The fourth-order valence-corrected chi connectivity index (χ4v) is 2.60. The minimum Gasteiger partial charge on any atom is -0.265 e. The third-order valence-electron chi connectivity index (χ3n) is 3.43. The van der Waals surface area contributed by atoms with Crippen LogP contribution in [0.3, 0.4) is 0 Å². The lowest BCUT2D eigenvalue weighted by atomic mass is 10.3. The molecule has 0 aliphatic rings. The molecule has 0 saturated carbocycles. The monoisotopic (exact) mass is 378 g/mol. The van der Waals surface area contributed by atoms with Crippen molar-refractivity contribution in [2.45, 2.75) is 13.8 Å². The molecule has 2 heterocycles. The summed E-state index contributed by atoms with van der Waals surface area (Å²) in [7, 11) is 0. The summed E-state index contributed by atoms with van der Waals surface area (Å²) in [5, 5.41) is 15.0. The van der Waals surface area contributed by atoms with E-state index in [2.05, 4.69) is 20.4 Å². The minimum absolute atomic E-state index is 0.0616. The van der Waals surface area contributed by atoms with Crippen LogP contribution in [0.5, 0.6) is 0 Å². The van der Waals surface area contributed by atoms with Gasteiger partial charge in [-0.3, -0.25) is 9.89 Å². The molecule has 0 unspecified atom stereocenters. The fraction of sp³-hybridized carbons (Fsp3) is 0.133. The van der Waals surface area contributed by atoms with Crippen molar-refractivity contribution < 1.29 is 4.39 Å². The highest BCUT2D eigenvalue weighted by Crippen LogP contribution is 2.22. The van der Waals surface area contributed by atoms with E-state index in [1.807, 2.05) is 0 Å². The molecule has 3 aromatic rings. The van der Waals surface area contributed by atoms with Gasteiger partial charge in [0.1, 0.15) is 16.7 Å². The molecule has 7 nitrogen and oxygen atoms in total. The highest BCUT2D eigenvalue weighted by molar-refractivity contribution is 7.71. The molecular formula is C15H12ClFN6OS. The molecule has 0 bridgehead atoms. The molecule has 0 spiro atoms. The van der Waals surface area contributed by atoms with E-state index in [9.17, 15) is 9.18 Å². The maximum Gasteiger partial charge on any atom is 0.296 e. The van der Waals surface area contributed by atoms with Crippen molar-refractivity contribution in [3.63, 3.8) is 0 Å². The molecular weight excluding hydrogens is 367 g/mol. The van der Waals surface area contributed by atoms with Crippen molar-refractivity contribution in [1.82, 2.24) is 24.7 Å². The van der Waals surface area contributed by atoms with Crippen molar-refractivity contribution >= 4 is 30.0 Å². The van der Waals surface area contributed by atoms with Crippen LogP contribution >= 0.6 is 23.8 Å². The Morgan fingerprint density at radius 2 is 1.96 bits per heavy atom. The standard InChI is InChI=1S/C15H12ClFN6OS/c1-8-12(7-18-23-14(24)9(2)19-20-15(23)25)13(16)22(21-8)11-5-3-10(17)4-6-11/h3-7H,1-2H3,(H,20,25)/b18-7+. The van der Waals surface area contributed by atoms with Crippen LogP contribution in [0.15, 0.2) is 34.2 Å². The first kappa shape index (κ1) is 17.2. The lowest BCUT2D eigenvalue weighted by Crippen LogP contribution is -2.22. The zero-order valence-corrected chi connectivity index (χ0v) is 14.8. The number of hydrogen-bond acceptors (Lipinski definition) is 5. The van der Waals surface area contributed by atoms with Crippen LogP contribution in [0.4, 0.5) is 4.39 Å². The van der Waals surface area contributed by atoms with Crippen LogP contribution in [-0.2, 0) is 0 Å². The summed E-state index contributed by atoms with van der Waals surface area (Å²) in [6.45, 7) is 3.29. The van der Waals surface area contributed by atoms with E-state index >= 15 is 0 Å². The lowest BCUT2D eigenvalue weighted by Gasteiger charge is -2.02. The van der Waals surface area contributed by atoms with E-state index in [0.29, 0.717) is 16.9 Å². The number of halogens is 2. The Morgan fingerprint density at radius 3 is 2.64 bits per heavy atom. The van der Waals surface area contributed by atoms with Crippen LogP contribution in [0.2, 0.25) is 5.15 Å². The van der Waals surface area contributed by atoms with Crippen LogP contribution < -0.4 is 5.56 Å². The largest absolute Gasteiger partial charge is 0.296 e. The number of rotatable bonds is 3. The first-order valence-electron chi connectivity index (χ1n) is 7.12. The molecule has 0 aliphatic carbocycles. The Bertz CT molecular complexity index is 1080. The third kappa shape index (κ3) is 3.28. The molecule has 0 radical (unpaired) electrons. The molecule has 3 rings (SSSR count). The molecule has 0 saturated heterocycles. The molecule has 0 fully saturated rings. The zero-order chi connectivity index (χ0) is 18.1. The summed E-state index contributed by atoms with van der Waals surface area (Å²) in [4.78, 5) is 12.0. The van der Waals surface area contributed by atoms with Gasteiger partial charge in [0.05, 0.1) is 23.2 Å². The summed E-state index contributed by atoms with van der Waals surface area (Å²) in [6, 6.07) is 5.74. The highest BCUT2D eigenvalue weighted by Gasteiger charge is 2.13. The Hall–Kier alpha value is -2.65. The minimum atomic E-state index is -0.431. The quantitative estimate of drug-likeness (QED) is 0.561. The number of nitrogens with one attached hydrogen (secondary N) is 1. The molecule has 10 heteroatoms. The van der Waals surface area contributed by atoms with Gasteiger partial charge >= 0.3 is 0 Å². The average Bonchev–Trinajstić information content (AvgIpc) is 2.87. The van der Waals surface area contributed by atoms with Crippen LogP contribution in [0, 0.1) is 24.4 Å². The second-order valence-corrected chi connectivity index (χ2v) is 5.90. The van der Waals surface area contributed by atoms with Gasteiger partial charge in [-0.15, -0.1) is 0 Å². The van der Waals surface area contributed by atoms with Crippen LogP contribution in [-0.4, -0.2) is 30.9 Å². The van der Waals surface area contributed by atoms with E-state index < -0.39 is 5.56 Å². The molecule has 1 aromatic carbocycles. The Morgan fingerprint density at radius 1 is 1.28 bits per heavy atom. The first-order valence-corrected chi connectivity index (χ1v) is 7.91. The predicted octanol–water partition coefficient (Wildman–Crippen LogP) is 2.78. The van der Waals surface area contributed by atoms with Crippen LogP contribution in [0.1, 0.15) is 17.0 Å². The Balaban J connectivity index is 2.05. The van der Waals surface area contributed by atoms with Gasteiger partial charge in [-0.25, -0.2) is 9.07 Å². The van der Waals surface area contributed by atoms with Gasteiger partial charge in [0.15, 0.2) is 0 Å². The number of aryl methyl sites for hydroxylation is 2. The second kappa shape index (κ2) is 6.69. The van der Waals surface area contributed by atoms with Crippen molar-refractivity contribution in [2.24, 2.45) is 5.10 Å². The van der Waals surface area contributed by atoms with Gasteiger partial charge in [0.25, 0.3) is 5.56 Å². The van der Waals surface area contributed by atoms with E-state index in [1.165, 1.54) is 23.0 Å². The van der Waals surface area contributed by atoms with E-state index in [4.69, 9.17) is 23.8 Å². The lowest BCUT2D eigenvalue weighted by molar-refractivity contribution is 0.627.